The van der Waals surface area contributed by atoms with Crippen LogP contribution in [0.3, 0.4) is 0 Å². The lowest BCUT2D eigenvalue weighted by molar-refractivity contribution is -0.137. The van der Waals surface area contributed by atoms with Crippen molar-refractivity contribution in [1.82, 2.24) is 20.2 Å². The first-order chi connectivity index (χ1) is 9.47. The second-order valence-corrected chi connectivity index (χ2v) is 4.40. The fourth-order valence-corrected chi connectivity index (χ4v) is 1.85. The third-order valence-corrected chi connectivity index (χ3v) is 2.81. The number of carboxylic acid groups (broad SMARTS) is 1. The van der Waals surface area contributed by atoms with Crippen molar-refractivity contribution in [3.63, 3.8) is 0 Å². The summed E-state index contributed by atoms with van der Waals surface area (Å²) in [4.78, 5) is 10.7. The highest BCUT2D eigenvalue weighted by atomic mass is 19.1. The number of tetrazole rings is 1. The molecule has 1 aromatic carbocycles. The number of benzene rings is 1. The second kappa shape index (κ2) is 5.72. The van der Waals surface area contributed by atoms with Gasteiger partial charge in [0.05, 0.1) is 12.5 Å². The van der Waals surface area contributed by atoms with Crippen LogP contribution in [0.25, 0.3) is 0 Å². The number of hydrogen-bond acceptors (Lipinski definition) is 4. The van der Waals surface area contributed by atoms with Crippen LogP contribution in [0.2, 0.25) is 0 Å². The molecular weight excluding hydrogens is 270 g/mol. The van der Waals surface area contributed by atoms with Gasteiger partial charge in [-0.2, -0.15) is 0 Å². The minimum Gasteiger partial charge on any atom is -0.481 e. The molecule has 2 rings (SSSR count). The lowest BCUT2D eigenvalue weighted by Crippen LogP contribution is -2.15. The van der Waals surface area contributed by atoms with Gasteiger partial charge in [0.2, 0.25) is 0 Å². The Balaban J connectivity index is 2.22. The number of rotatable bonds is 5. The zero-order valence-corrected chi connectivity index (χ0v) is 10.6. The van der Waals surface area contributed by atoms with Crippen molar-refractivity contribution in [3.8, 4) is 0 Å². The highest BCUT2D eigenvalue weighted by Gasteiger charge is 2.17. The van der Waals surface area contributed by atoms with Crippen molar-refractivity contribution >= 4 is 5.97 Å². The molecule has 0 radical (unpaired) electrons. The summed E-state index contributed by atoms with van der Waals surface area (Å²) >= 11 is 0. The number of halogens is 2. The minimum absolute atomic E-state index is 0.0586. The van der Waals surface area contributed by atoms with E-state index in [2.05, 4.69) is 15.5 Å². The molecule has 1 N–H and O–H groups in total. The van der Waals surface area contributed by atoms with Crippen LogP contribution in [0.5, 0.6) is 0 Å². The third kappa shape index (κ3) is 3.14. The predicted molar refractivity (Wildman–Crippen MR) is 63.9 cm³/mol. The van der Waals surface area contributed by atoms with Gasteiger partial charge in [-0.25, -0.2) is 13.5 Å². The van der Waals surface area contributed by atoms with Crippen LogP contribution in [0, 0.1) is 11.6 Å². The topological polar surface area (TPSA) is 80.9 Å². The fraction of sp³-hybridized carbons (Fsp3) is 0.333. The largest absolute Gasteiger partial charge is 0.481 e. The predicted octanol–water partition coefficient (Wildman–Crippen LogP) is 1.58. The van der Waals surface area contributed by atoms with Gasteiger partial charge >= 0.3 is 5.97 Å². The Hall–Kier alpha value is -2.38. The molecule has 1 atom stereocenters. The van der Waals surface area contributed by atoms with Crippen LogP contribution in [-0.4, -0.2) is 31.3 Å². The summed E-state index contributed by atoms with van der Waals surface area (Å²) in [7, 11) is 0. The average molecular weight is 282 g/mol. The highest BCUT2D eigenvalue weighted by Crippen LogP contribution is 2.16. The molecule has 0 aliphatic rings. The van der Waals surface area contributed by atoms with Gasteiger partial charge in [-0.15, -0.1) is 5.10 Å². The molecule has 0 saturated carbocycles. The van der Waals surface area contributed by atoms with Crippen molar-refractivity contribution < 1.29 is 18.7 Å². The van der Waals surface area contributed by atoms with E-state index in [4.69, 9.17) is 5.11 Å². The summed E-state index contributed by atoms with van der Waals surface area (Å²) in [5.74, 6) is -2.01. The number of aliphatic carboxylic acids is 1. The average Bonchev–Trinajstić information content (AvgIpc) is 2.80. The molecular formula is C12H12F2N4O2. The molecule has 0 fully saturated rings. The molecule has 0 saturated heterocycles. The second-order valence-electron chi connectivity index (χ2n) is 4.40. The standard InChI is InChI=1S/C12H12F2N4O2/c1-7(4-12(19)20)18-11(15-16-17-18)5-8-2-3-9(13)6-10(8)14/h2-3,6-7H,4-5H2,1H3,(H,19,20). The van der Waals surface area contributed by atoms with Gasteiger partial charge < -0.3 is 5.11 Å². The van der Waals surface area contributed by atoms with Crippen molar-refractivity contribution in [2.24, 2.45) is 0 Å². The molecule has 0 bridgehead atoms. The molecule has 1 aromatic heterocycles. The number of hydrogen-bond donors (Lipinski definition) is 1. The molecule has 0 spiro atoms. The summed E-state index contributed by atoms with van der Waals surface area (Å²) in [6, 6.07) is 2.78. The van der Waals surface area contributed by atoms with Crippen LogP contribution in [0.4, 0.5) is 8.78 Å². The molecule has 0 amide bonds. The van der Waals surface area contributed by atoms with Crippen LogP contribution in [0.15, 0.2) is 18.2 Å². The van der Waals surface area contributed by atoms with E-state index in [0.717, 1.165) is 12.1 Å². The highest BCUT2D eigenvalue weighted by molar-refractivity contribution is 5.67. The summed E-state index contributed by atoms with van der Waals surface area (Å²) in [5.41, 5.74) is 0.241. The van der Waals surface area contributed by atoms with Crippen LogP contribution in [-0.2, 0) is 11.2 Å². The molecule has 2 aromatic rings. The summed E-state index contributed by atoms with van der Waals surface area (Å²) in [6.45, 7) is 1.65. The van der Waals surface area contributed by atoms with E-state index in [1.54, 1.807) is 6.92 Å². The summed E-state index contributed by atoms with van der Waals surface area (Å²) < 4.78 is 27.7. The van der Waals surface area contributed by atoms with Gasteiger partial charge in [0.1, 0.15) is 11.6 Å². The molecule has 8 heteroatoms. The van der Waals surface area contributed by atoms with Gasteiger partial charge in [-0.05, 0) is 29.0 Å². The van der Waals surface area contributed by atoms with Gasteiger partial charge in [0.15, 0.2) is 5.82 Å². The van der Waals surface area contributed by atoms with Crippen LogP contribution in [0.1, 0.15) is 30.8 Å². The van der Waals surface area contributed by atoms with Crippen molar-refractivity contribution in [2.45, 2.75) is 25.8 Å². The van der Waals surface area contributed by atoms with Gasteiger partial charge in [0, 0.05) is 12.5 Å². The number of carbonyl (C=O) groups is 1. The fourth-order valence-electron chi connectivity index (χ4n) is 1.85. The molecule has 1 unspecified atom stereocenters. The third-order valence-electron chi connectivity index (χ3n) is 2.81. The Morgan fingerprint density at radius 2 is 2.20 bits per heavy atom. The Kier molecular flexibility index (Phi) is 4.02. The Morgan fingerprint density at radius 1 is 1.45 bits per heavy atom. The van der Waals surface area contributed by atoms with Crippen LogP contribution < -0.4 is 0 Å². The Bertz CT molecular complexity index is 630. The maximum Gasteiger partial charge on any atom is 0.305 e. The number of aromatic nitrogens is 4. The lowest BCUT2D eigenvalue weighted by Gasteiger charge is -2.11. The van der Waals surface area contributed by atoms with Crippen molar-refractivity contribution in [3.05, 3.63) is 41.2 Å². The normalized spacial score (nSPS) is 12.3. The van der Waals surface area contributed by atoms with E-state index in [1.165, 1.54) is 10.7 Å². The molecule has 20 heavy (non-hydrogen) atoms. The molecule has 0 aliphatic heterocycles. The first-order valence-electron chi connectivity index (χ1n) is 5.90. The van der Waals surface area contributed by atoms with Crippen molar-refractivity contribution in [1.29, 1.82) is 0 Å². The molecule has 6 nitrogen and oxygen atoms in total. The van der Waals surface area contributed by atoms with Gasteiger partial charge in [-0.3, -0.25) is 4.79 Å². The molecule has 0 aliphatic carbocycles. The smallest absolute Gasteiger partial charge is 0.305 e. The van der Waals surface area contributed by atoms with Crippen molar-refractivity contribution in [2.75, 3.05) is 0 Å². The van der Waals surface area contributed by atoms with Gasteiger partial charge in [-0.1, -0.05) is 6.07 Å². The SMILES string of the molecule is CC(CC(=O)O)n1nnnc1Cc1ccc(F)cc1F. The number of carboxylic acids is 1. The monoisotopic (exact) mass is 282 g/mol. The Morgan fingerprint density at radius 3 is 2.85 bits per heavy atom. The molecule has 1 heterocycles. The zero-order chi connectivity index (χ0) is 14.7. The maximum absolute atomic E-state index is 13.6. The quantitative estimate of drug-likeness (QED) is 0.900. The van der Waals surface area contributed by atoms with E-state index in [0.29, 0.717) is 5.82 Å². The maximum atomic E-state index is 13.6. The lowest BCUT2D eigenvalue weighted by atomic mass is 10.1. The van der Waals surface area contributed by atoms with Crippen LogP contribution >= 0.6 is 0 Å². The van der Waals surface area contributed by atoms with E-state index in [-0.39, 0.29) is 18.4 Å². The summed E-state index contributed by atoms with van der Waals surface area (Å²) in [6.07, 6.45) is -0.0903. The summed E-state index contributed by atoms with van der Waals surface area (Å²) in [5, 5.41) is 19.7. The van der Waals surface area contributed by atoms with E-state index in [1.807, 2.05) is 0 Å². The van der Waals surface area contributed by atoms with E-state index >= 15 is 0 Å². The zero-order valence-electron chi connectivity index (χ0n) is 10.6. The van der Waals surface area contributed by atoms with E-state index < -0.39 is 23.6 Å². The first-order valence-corrected chi connectivity index (χ1v) is 5.90. The van der Waals surface area contributed by atoms with E-state index in [9.17, 15) is 13.6 Å². The number of nitrogens with zero attached hydrogens (tertiary/aromatic N) is 4. The first kappa shape index (κ1) is 14.0. The molecule has 106 valence electrons. The van der Waals surface area contributed by atoms with Gasteiger partial charge in [0.25, 0.3) is 0 Å². The Labute approximate surface area is 113 Å². The minimum atomic E-state index is -0.980.